The van der Waals surface area contributed by atoms with Gasteiger partial charge in [0.05, 0.1) is 0 Å². The molecule has 10 heteroatoms. The van der Waals surface area contributed by atoms with Crippen LogP contribution in [0.4, 0.5) is 10.1 Å². The van der Waals surface area contributed by atoms with Crippen molar-refractivity contribution in [3.63, 3.8) is 0 Å². The van der Waals surface area contributed by atoms with Gasteiger partial charge in [-0.05, 0) is 47.5 Å². The van der Waals surface area contributed by atoms with Crippen LogP contribution in [0.15, 0.2) is 66.9 Å². The molecule has 4 amide bonds. The minimum absolute atomic E-state index is 0.00974. The molecule has 0 radical (unpaired) electrons. The first-order chi connectivity index (χ1) is 15.8. The Morgan fingerprint density at radius 1 is 1.06 bits per heavy atom. The number of pyridine rings is 1. The number of anilines is 1. The van der Waals surface area contributed by atoms with Crippen molar-refractivity contribution in [1.82, 2.24) is 15.4 Å². The van der Waals surface area contributed by atoms with E-state index in [1.54, 1.807) is 12.1 Å². The van der Waals surface area contributed by atoms with Gasteiger partial charge in [-0.3, -0.25) is 29.4 Å². The number of benzene rings is 2. The zero-order valence-electron chi connectivity index (χ0n) is 17.0. The van der Waals surface area contributed by atoms with E-state index in [1.165, 1.54) is 54.7 Å². The first-order valence-corrected chi connectivity index (χ1v) is 9.81. The minimum atomic E-state index is -1.48. The smallest absolute Gasteiger partial charge is 0.285 e. The molecule has 0 bridgehead atoms. The van der Waals surface area contributed by atoms with E-state index in [2.05, 4.69) is 15.6 Å². The fourth-order valence-electron chi connectivity index (χ4n) is 3.38. The van der Waals surface area contributed by atoms with Crippen LogP contribution in [0.25, 0.3) is 0 Å². The Hall–Kier alpha value is -4.44. The monoisotopic (exact) mass is 448 g/mol. The number of hydrogen-bond acceptors (Lipinski definition) is 6. The molecule has 0 fully saturated rings. The zero-order chi connectivity index (χ0) is 23.5. The van der Waals surface area contributed by atoms with Crippen molar-refractivity contribution in [2.24, 2.45) is 0 Å². The first-order valence-electron chi connectivity index (χ1n) is 9.81. The van der Waals surface area contributed by atoms with E-state index >= 15 is 0 Å². The highest BCUT2D eigenvalue weighted by Gasteiger charge is 2.42. The van der Waals surface area contributed by atoms with Gasteiger partial charge < -0.3 is 10.6 Å². The molecular weight excluding hydrogens is 431 g/mol. The summed E-state index contributed by atoms with van der Waals surface area (Å²) in [5.41, 5.74) is 0.933. The highest BCUT2D eigenvalue weighted by Crippen LogP contribution is 2.31. The highest BCUT2D eigenvalue weighted by molar-refractivity contribution is 6.18. The fraction of sp³-hybridized carbons (Fsp3) is 0.0870. The number of imide groups is 1. The summed E-state index contributed by atoms with van der Waals surface area (Å²) in [7, 11) is 0. The van der Waals surface area contributed by atoms with E-state index in [9.17, 15) is 28.8 Å². The number of hydrogen-bond donors (Lipinski definition) is 3. The van der Waals surface area contributed by atoms with Crippen molar-refractivity contribution in [2.45, 2.75) is 12.5 Å². The zero-order valence-corrected chi connectivity index (χ0v) is 17.0. The molecule has 3 N–H and O–H groups in total. The maximum Gasteiger partial charge on any atom is 0.285 e. The molecule has 9 nitrogen and oxygen atoms in total. The number of nitrogens with one attached hydrogen (secondary N) is 2. The van der Waals surface area contributed by atoms with Gasteiger partial charge in [-0.1, -0.05) is 24.3 Å². The normalized spacial score (nSPS) is 15.1. The van der Waals surface area contributed by atoms with Gasteiger partial charge in [0.2, 0.25) is 5.91 Å². The van der Waals surface area contributed by atoms with Crippen LogP contribution in [0, 0.1) is 5.82 Å². The van der Waals surface area contributed by atoms with Gasteiger partial charge in [-0.15, -0.1) is 0 Å². The van der Waals surface area contributed by atoms with Crippen molar-refractivity contribution >= 4 is 29.3 Å². The Balaban J connectivity index is 1.57. The van der Waals surface area contributed by atoms with E-state index in [0.29, 0.717) is 5.56 Å². The average molecular weight is 448 g/mol. The van der Waals surface area contributed by atoms with Crippen LogP contribution in [-0.4, -0.2) is 38.9 Å². The van der Waals surface area contributed by atoms with Gasteiger partial charge >= 0.3 is 0 Å². The van der Waals surface area contributed by atoms with E-state index in [1.807, 2.05) is 0 Å². The lowest BCUT2D eigenvalue weighted by Crippen LogP contribution is -2.47. The van der Waals surface area contributed by atoms with Gasteiger partial charge in [0.25, 0.3) is 17.7 Å². The summed E-state index contributed by atoms with van der Waals surface area (Å²) in [5, 5.41) is 15.0. The summed E-state index contributed by atoms with van der Waals surface area (Å²) in [6.45, 7) is 0.00974. The fourth-order valence-corrected chi connectivity index (χ4v) is 3.38. The van der Waals surface area contributed by atoms with Gasteiger partial charge in [0, 0.05) is 24.0 Å². The van der Waals surface area contributed by atoms with Crippen molar-refractivity contribution < 1.29 is 28.8 Å². The molecule has 0 saturated carbocycles. The van der Waals surface area contributed by atoms with Crippen LogP contribution >= 0.6 is 0 Å². The topological polar surface area (TPSA) is 129 Å². The predicted molar refractivity (Wildman–Crippen MR) is 113 cm³/mol. The molecular formula is C23H17FN4O5. The third kappa shape index (κ3) is 4.46. The second kappa shape index (κ2) is 8.97. The summed E-state index contributed by atoms with van der Waals surface area (Å²) in [5.74, 6) is -5.31. The number of amides is 4. The number of fused-ring (bicyclic) bond motifs is 1. The summed E-state index contributed by atoms with van der Waals surface area (Å²) in [6.07, 6.45) is 1.45. The minimum Gasteiger partial charge on any atom is -0.351 e. The van der Waals surface area contributed by atoms with Crippen LogP contribution < -0.4 is 10.6 Å². The molecule has 1 atom stereocenters. The predicted octanol–water partition coefficient (Wildman–Crippen LogP) is 2.24. The van der Waals surface area contributed by atoms with Crippen LogP contribution in [-0.2, 0) is 16.1 Å². The Morgan fingerprint density at radius 3 is 2.52 bits per heavy atom. The summed E-state index contributed by atoms with van der Waals surface area (Å²) in [4.78, 5) is 54.0. The Bertz CT molecular complexity index is 1250. The first kappa shape index (κ1) is 21.8. The Labute approximate surface area is 186 Å². The van der Waals surface area contributed by atoms with E-state index in [-0.39, 0.29) is 34.1 Å². The molecule has 0 spiro atoms. The molecule has 0 aliphatic carbocycles. The molecule has 166 valence electrons. The maximum atomic E-state index is 13.1. The molecule has 2 heterocycles. The van der Waals surface area contributed by atoms with Gasteiger partial charge in [0.1, 0.15) is 17.4 Å². The number of carbonyl (C=O) groups excluding carboxylic acids is 4. The highest BCUT2D eigenvalue weighted by atomic mass is 19.1. The molecule has 0 saturated heterocycles. The van der Waals surface area contributed by atoms with Gasteiger partial charge in [-0.2, -0.15) is 5.06 Å². The SMILES string of the molecule is O=C(Nc1ccc2c(c1)C(=O)N(O)C(=O)C2C(=O)NCc1ccc(F)cc1)c1ccccn1. The number of hydroxylamine groups is 2. The number of nitrogens with zero attached hydrogens (tertiary/aromatic N) is 2. The lowest BCUT2D eigenvalue weighted by Gasteiger charge is -2.28. The van der Waals surface area contributed by atoms with Crippen molar-refractivity contribution in [3.05, 3.63) is 95.1 Å². The van der Waals surface area contributed by atoms with Crippen LogP contribution in [0.3, 0.4) is 0 Å². The molecule has 1 aromatic heterocycles. The third-order valence-electron chi connectivity index (χ3n) is 5.04. The summed E-state index contributed by atoms with van der Waals surface area (Å²) >= 11 is 0. The largest absolute Gasteiger partial charge is 0.351 e. The van der Waals surface area contributed by atoms with Crippen LogP contribution in [0.1, 0.15) is 37.9 Å². The molecule has 4 rings (SSSR count). The molecule has 1 aliphatic rings. The number of halogens is 1. The van der Waals surface area contributed by atoms with Crippen LogP contribution in [0.5, 0.6) is 0 Å². The molecule has 2 aromatic carbocycles. The number of carbonyl (C=O) groups is 4. The Kier molecular flexibility index (Phi) is 5.92. The maximum absolute atomic E-state index is 13.1. The lowest BCUT2D eigenvalue weighted by molar-refractivity contribution is -0.158. The van der Waals surface area contributed by atoms with Crippen LogP contribution in [0.2, 0.25) is 0 Å². The number of rotatable bonds is 5. The van der Waals surface area contributed by atoms with Crippen molar-refractivity contribution in [3.8, 4) is 0 Å². The average Bonchev–Trinajstić information content (AvgIpc) is 2.83. The molecule has 33 heavy (non-hydrogen) atoms. The second-order valence-corrected chi connectivity index (χ2v) is 7.20. The lowest BCUT2D eigenvalue weighted by atomic mass is 9.88. The Morgan fingerprint density at radius 2 is 1.82 bits per heavy atom. The van der Waals surface area contributed by atoms with E-state index in [4.69, 9.17) is 0 Å². The van der Waals surface area contributed by atoms with E-state index < -0.39 is 35.4 Å². The van der Waals surface area contributed by atoms with Crippen molar-refractivity contribution in [1.29, 1.82) is 0 Å². The standard InChI is InChI=1S/C23H17FN4O5/c24-14-6-4-13(5-7-14)12-26-21(30)19-16-9-8-15(11-17(16)22(31)28(33)23(19)32)27-20(29)18-3-1-2-10-25-18/h1-11,19,33H,12H2,(H,26,30)(H,27,29). The summed E-state index contributed by atoms with van der Waals surface area (Å²) in [6, 6.07) is 14.3. The number of aromatic nitrogens is 1. The molecule has 3 aromatic rings. The van der Waals surface area contributed by atoms with Gasteiger partial charge in [-0.25, -0.2) is 4.39 Å². The summed E-state index contributed by atoms with van der Waals surface area (Å²) < 4.78 is 13.1. The van der Waals surface area contributed by atoms with Crippen molar-refractivity contribution in [2.75, 3.05) is 5.32 Å². The quantitative estimate of drug-likeness (QED) is 0.312. The second-order valence-electron chi connectivity index (χ2n) is 7.20. The van der Waals surface area contributed by atoms with E-state index in [0.717, 1.165) is 0 Å². The van der Waals surface area contributed by atoms with Gasteiger partial charge in [0.15, 0.2) is 0 Å². The molecule has 1 unspecified atom stereocenters. The molecule has 1 aliphatic heterocycles. The third-order valence-corrected chi connectivity index (χ3v) is 5.04.